The molecule has 0 fully saturated rings. The Hall–Kier alpha value is -2.58. The number of aromatic nitrogens is 1. The molecular formula is C18H24N2O6. The van der Waals surface area contributed by atoms with Crippen molar-refractivity contribution in [2.24, 2.45) is 0 Å². The van der Waals surface area contributed by atoms with E-state index < -0.39 is 23.9 Å². The Morgan fingerprint density at radius 1 is 1.31 bits per heavy atom. The summed E-state index contributed by atoms with van der Waals surface area (Å²) in [4.78, 5) is 11.6. The summed E-state index contributed by atoms with van der Waals surface area (Å²) in [6, 6.07) is 6.00. The molecule has 0 bridgehead atoms. The SMILES string of the molecule is CC(C)(C)OC(=O)NCCC(O)C(O)c1ccc(O)c(-c2ccno2)c1. The average molecular weight is 364 g/mol. The van der Waals surface area contributed by atoms with Crippen LogP contribution >= 0.6 is 0 Å². The lowest BCUT2D eigenvalue weighted by Gasteiger charge is -2.21. The normalized spacial score (nSPS) is 13.9. The van der Waals surface area contributed by atoms with E-state index in [2.05, 4.69) is 10.5 Å². The molecule has 1 aromatic heterocycles. The number of carbonyl (C=O) groups is 1. The number of phenols is 1. The van der Waals surface area contributed by atoms with Crippen LogP contribution in [0.4, 0.5) is 4.79 Å². The van der Waals surface area contributed by atoms with Gasteiger partial charge < -0.3 is 29.9 Å². The Bertz CT molecular complexity index is 724. The van der Waals surface area contributed by atoms with Crippen LogP contribution < -0.4 is 5.32 Å². The molecule has 1 aromatic carbocycles. The molecule has 1 heterocycles. The van der Waals surface area contributed by atoms with Gasteiger partial charge in [-0.1, -0.05) is 11.2 Å². The highest BCUT2D eigenvalue weighted by molar-refractivity contribution is 5.67. The van der Waals surface area contributed by atoms with Gasteiger partial charge >= 0.3 is 6.09 Å². The minimum Gasteiger partial charge on any atom is -0.507 e. The Morgan fingerprint density at radius 2 is 2.04 bits per heavy atom. The first kappa shape index (κ1) is 19.7. The Morgan fingerprint density at radius 3 is 2.65 bits per heavy atom. The van der Waals surface area contributed by atoms with Crippen LogP contribution in [0.2, 0.25) is 0 Å². The van der Waals surface area contributed by atoms with E-state index in [0.717, 1.165) is 0 Å². The van der Waals surface area contributed by atoms with Crippen molar-refractivity contribution in [3.8, 4) is 17.1 Å². The first-order chi connectivity index (χ1) is 12.2. The Balaban J connectivity index is 1.95. The van der Waals surface area contributed by atoms with Crippen LogP contribution in [0.1, 0.15) is 38.9 Å². The van der Waals surface area contributed by atoms with E-state index in [1.807, 2.05) is 0 Å². The van der Waals surface area contributed by atoms with Crippen molar-refractivity contribution in [1.82, 2.24) is 10.5 Å². The van der Waals surface area contributed by atoms with Crippen LogP contribution in [0.25, 0.3) is 11.3 Å². The summed E-state index contributed by atoms with van der Waals surface area (Å²) < 4.78 is 10.1. The monoisotopic (exact) mass is 364 g/mol. The molecule has 0 radical (unpaired) electrons. The van der Waals surface area contributed by atoms with E-state index in [-0.39, 0.29) is 18.7 Å². The molecule has 0 saturated carbocycles. The lowest BCUT2D eigenvalue weighted by molar-refractivity contribution is 0.0123. The minimum absolute atomic E-state index is 0.0289. The fourth-order valence-electron chi connectivity index (χ4n) is 2.31. The Kier molecular flexibility index (Phi) is 6.23. The molecule has 26 heavy (non-hydrogen) atoms. The predicted octanol–water partition coefficient (Wildman–Crippen LogP) is 2.36. The van der Waals surface area contributed by atoms with Gasteiger partial charge in [-0.2, -0.15) is 0 Å². The van der Waals surface area contributed by atoms with E-state index in [4.69, 9.17) is 9.26 Å². The van der Waals surface area contributed by atoms with Gasteiger partial charge in [0.15, 0.2) is 5.76 Å². The highest BCUT2D eigenvalue weighted by atomic mass is 16.6. The van der Waals surface area contributed by atoms with Crippen molar-refractivity contribution in [1.29, 1.82) is 0 Å². The van der Waals surface area contributed by atoms with Gasteiger partial charge in [-0.25, -0.2) is 4.79 Å². The number of hydrogen-bond acceptors (Lipinski definition) is 7. The first-order valence-corrected chi connectivity index (χ1v) is 8.24. The topological polar surface area (TPSA) is 125 Å². The number of aliphatic hydroxyl groups excluding tert-OH is 2. The van der Waals surface area contributed by atoms with Gasteiger partial charge in [-0.3, -0.25) is 0 Å². The van der Waals surface area contributed by atoms with Gasteiger partial charge in [0.2, 0.25) is 0 Å². The molecule has 2 unspecified atom stereocenters. The summed E-state index contributed by atoms with van der Waals surface area (Å²) in [5.41, 5.74) is 0.155. The van der Waals surface area contributed by atoms with Gasteiger partial charge in [0.05, 0.1) is 17.9 Å². The molecule has 0 spiro atoms. The average Bonchev–Trinajstić information content (AvgIpc) is 3.07. The van der Waals surface area contributed by atoms with Crippen molar-refractivity contribution in [3.05, 3.63) is 36.0 Å². The molecule has 1 amide bonds. The van der Waals surface area contributed by atoms with Gasteiger partial charge in [0.1, 0.15) is 17.5 Å². The third kappa shape index (κ3) is 5.47. The zero-order valence-corrected chi connectivity index (χ0v) is 15.0. The van der Waals surface area contributed by atoms with Crippen LogP contribution in [0.5, 0.6) is 5.75 Å². The number of aliphatic hydroxyl groups is 2. The number of nitrogens with one attached hydrogen (secondary N) is 1. The van der Waals surface area contributed by atoms with E-state index in [1.165, 1.54) is 24.4 Å². The largest absolute Gasteiger partial charge is 0.507 e. The summed E-state index contributed by atoms with van der Waals surface area (Å²) in [6.45, 7) is 5.40. The van der Waals surface area contributed by atoms with Crippen molar-refractivity contribution < 1.29 is 29.4 Å². The number of phenolic OH excluding ortho intramolecular Hbond substituents is 1. The third-order valence-corrected chi connectivity index (χ3v) is 3.54. The molecule has 0 aliphatic carbocycles. The van der Waals surface area contributed by atoms with Crippen molar-refractivity contribution in [3.63, 3.8) is 0 Å². The number of nitrogens with zero attached hydrogens (tertiary/aromatic N) is 1. The fourth-order valence-corrected chi connectivity index (χ4v) is 2.31. The minimum atomic E-state index is -1.20. The van der Waals surface area contributed by atoms with E-state index in [9.17, 15) is 20.1 Å². The van der Waals surface area contributed by atoms with Crippen molar-refractivity contribution >= 4 is 6.09 Å². The maximum Gasteiger partial charge on any atom is 0.407 e. The molecule has 0 saturated heterocycles. The molecule has 142 valence electrons. The number of rotatable bonds is 6. The highest BCUT2D eigenvalue weighted by Gasteiger charge is 2.21. The van der Waals surface area contributed by atoms with Crippen LogP contribution in [-0.2, 0) is 4.74 Å². The van der Waals surface area contributed by atoms with Gasteiger partial charge in [0, 0.05) is 12.6 Å². The van der Waals surface area contributed by atoms with Gasteiger partial charge in [0.25, 0.3) is 0 Å². The summed E-state index contributed by atoms with van der Waals surface area (Å²) in [5, 5.41) is 36.5. The predicted molar refractivity (Wildman–Crippen MR) is 93.4 cm³/mol. The number of amides is 1. The molecule has 8 nitrogen and oxygen atoms in total. The second-order valence-corrected chi connectivity index (χ2v) is 6.88. The number of ether oxygens (including phenoxy) is 1. The standard InChI is InChI=1S/C18H24N2O6/c1-18(2,3)25-17(24)19-8-6-14(22)16(23)11-4-5-13(21)12(10-11)15-7-9-20-26-15/h4-5,7,9-10,14,16,21-23H,6,8H2,1-3H3,(H,19,24). The zero-order chi connectivity index (χ0) is 19.3. The molecular weight excluding hydrogens is 340 g/mol. The maximum absolute atomic E-state index is 11.6. The van der Waals surface area contributed by atoms with Crippen LogP contribution in [-0.4, -0.2) is 44.8 Å². The van der Waals surface area contributed by atoms with E-state index in [0.29, 0.717) is 16.9 Å². The smallest absolute Gasteiger partial charge is 0.407 e. The number of alkyl carbamates (subject to hydrolysis) is 1. The fraction of sp³-hybridized carbons (Fsp3) is 0.444. The quantitative estimate of drug-likeness (QED) is 0.620. The number of benzene rings is 1. The molecule has 8 heteroatoms. The molecule has 2 atom stereocenters. The summed E-state index contributed by atoms with van der Waals surface area (Å²) in [5.74, 6) is 0.316. The first-order valence-electron chi connectivity index (χ1n) is 8.24. The van der Waals surface area contributed by atoms with Crippen LogP contribution in [0, 0.1) is 0 Å². The zero-order valence-electron chi connectivity index (χ0n) is 15.0. The molecule has 4 N–H and O–H groups in total. The van der Waals surface area contributed by atoms with E-state index >= 15 is 0 Å². The maximum atomic E-state index is 11.6. The van der Waals surface area contributed by atoms with E-state index in [1.54, 1.807) is 26.8 Å². The van der Waals surface area contributed by atoms with Crippen molar-refractivity contribution in [2.45, 2.75) is 45.0 Å². The lowest BCUT2D eigenvalue weighted by atomic mass is 9.99. The highest BCUT2D eigenvalue weighted by Crippen LogP contribution is 2.32. The number of aromatic hydroxyl groups is 1. The molecule has 2 aromatic rings. The number of carbonyl (C=O) groups excluding carboxylic acids is 1. The lowest BCUT2D eigenvalue weighted by Crippen LogP contribution is -2.34. The summed E-state index contributed by atoms with van der Waals surface area (Å²) in [7, 11) is 0. The Labute approximate surface area is 151 Å². The molecule has 0 aliphatic rings. The molecule has 0 aliphatic heterocycles. The van der Waals surface area contributed by atoms with Gasteiger partial charge in [-0.15, -0.1) is 0 Å². The summed E-state index contributed by atoms with van der Waals surface area (Å²) >= 11 is 0. The van der Waals surface area contributed by atoms with Gasteiger partial charge in [-0.05, 0) is 44.9 Å². The van der Waals surface area contributed by atoms with Crippen LogP contribution in [0.15, 0.2) is 35.0 Å². The summed E-state index contributed by atoms with van der Waals surface area (Å²) in [6.07, 6.45) is -1.33. The van der Waals surface area contributed by atoms with Crippen LogP contribution in [0.3, 0.4) is 0 Å². The molecule has 2 rings (SSSR count). The van der Waals surface area contributed by atoms with Crippen molar-refractivity contribution in [2.75, 3.05) is 6.54 Å². The second-order valence-electron chi connectivity index (χ2n) is 6.88. The number of hydrogen-bond donors (Lipinski definition) is 4. The third-order valence-electron chi connectivity index (χ3n) is 3.54. The second kappa shape index (κ2) is 8.20.